The van der Waals surface area contributed by atoms with Crippen LogP contribution in [-0.2, 0) is 0 Å². The van der Waals surface area contributed by atoms with Crippen LogP contribution in [0.1, 0.15) is 22.3 Å². The first-order valence-electron chi connectivity index (χ1n) is 6.76. The van der Waals surface area contributed by atoms with Crippen LogP contribution in [0.25, 0.3) is 22.1 Å². The molecule has 2 aromatic carbocycles. The van der Waals surface area contributed by atoms with Gasteiger partial charge in [-0.1, -0.05) is 12.1 Å². The molecule has 1 aromatic heterocycles. The van der Waals surface area contributed by atoms with Crippen LogP contribution >= 0.6 is 0 Å². The van der Waals surface area contributed by atoms with E-state index in [-0.39, 0.29) is 0 Å². The van der Waals surface area contributed by atoms with E-state index in [2.05, 4.69) is 19.9 Å². The minimum absolute atomic E-state index is 0.332. The summed E-state index contributed by atoms with van der Waals surface area (Å²) in [7, 11) is 0. The van der Waals surface area contributed by atoms with Gasteiger partial charge >= 0.3 is 0 Å². The Balaban J connectivity index is 2.36. The molecular formula is C18H18O2. The molecule has 0 fully saturated rings. The van der Waals surface area contributed by atoms with Crippen molar-refractivity contribution in [1.82, 2.24) is 0 Å². The third-order valence-electron chi connectivity index (χ3n) is 3.75. The van der Waals surface area contributed by atoms with E-state index < -0.39 is 0 Å². The maximum Gasteiger partial charge on any atom is 0.135 e. The highest BCUT2D eigenvalue weighted by Gasteiger charge is 2.15. The van der Waals surface area contributed by atoms with E-state index in [9.17, 15) is 5.11 Å². The molecule has 20 heavy (non-hydrogen) atoms. The molecule has 0 radical (unpaired) electrons. The van der Waals surface area contributed by atoms with Crippen LogP contribution in [0.3, 0.4) is 0 Å². The number of phenolic OH excluding ortho intramolecular Hbond substituents is 1. The Bertz CT molecular complexity index is 810. The molecule has 1 heterocycles. The number of hydrogen-bond donors (Lipinski definition) is 1. The second kappa shape index (κ2) is 4.41. The first-order valence-corrected chi connectivity index (χ1v) is 6.76. The zero-order valence-corrected chi connectivity index (χ0v) is 12.2. The van der Waals surface area contributed by atoms with Crippen molar-refractivity contribution in [2.45, 2.75) is 27.7 Å². The monoisotopic (exact) mass is 266 g/mol. The van der Waals surface area contributed by atoms with Crippen molar-refractivity contribution in [3.05, 3.63) is 52.8 Å². The van der Waals surface area contributed by atoms with E-state index in [1.165, 1.54) is 11.1 Å². The largest absolute Gasteiger partial charge is 0.507 e. The molecule has 2 nitrogen and oxygen atoms in total. The standard InChI is InChI=1S/C18H18O2/c1-10-6-13(4)18(19)14(7-10)15-9-20-16-8-11(2)5-12(3)17(15)16/h5-9,19H,1-4H3. The molecule has 0 aliphatic rings. The maximum absolute atomic E-state index is 10.4. The lowest BCUT2D eigenvalue weighted by molar-refractivity contribution is 0.473. The summed E-state index contributed by atoms with van der Waals surface area (Å²) < 4.78 is 5.69. The molecule has 0 atom stereocenters. The van der Waals surface area contributed by atoms with E-state index in [0.29, 0.717) is 5.75 Å². The highest BCUT2D eigenvalue weighted by molar-refractivity contribution is 5.98. The summed E-state index contributed by atoms with van der Waals surface area (Å²) in [5.74, 6) is 0.332. The minimum Gasteiger partial charge on any atom is -0.507 e. The van der Waals surface area contributed by atoms with Gasteiger partial charge in [0.1, 0.15) is 11.3 Å². The van der Waals surface area contributed by atoms with Gasteiger partial charge < -0.3 is 9.52 Å². The summed E-state index contributed by atoms with van der Waals surface area (Å²) in [5, 5.41) is 11.4. The zero-order valence-electron chi connectivity index (χ0n) is 12.2. The molecular weight excluding hydrogens is 248 g/mol. The molecule has 0 bridgehead atoms. The SMILES string of the molecule is Cc1cc(C)c(O)c(-c2coc3cc(C)cc(C)c23)c1. The van der Waals surface area contributed by atoms with Crippen molar-refractivity contribution in [2.24, 2.45) is 0 Å². The van der Waals surface area contributed by atoms with Gasteiger partial charge in [-0.15, -0.1) is 0 Å². The van der Waals surface area contributed by atoms with Crippen molar-refractivity contribution in [1.29, 1.82) is 0 Å². The number of furan rings is 1. The predicted molar refractivity (Wildman–Crippen MR) is 82.3 cm³/mol. The molecule has 3 aromatic rings. The van der Waals surface area contributed by atoms with Crippen LogP contribution in [0.15, 0.2) is 34.9 Å². The number of phenols is 1. The third-order valence-corrected chi connectivity index (χ3v) is 3.75. The van der Waals surface area contributed by atoms with Gasteiger partial charge in [-0.25, -0.2) is 0 Å². The number of fused-ring (bicyclic) bond motifs is 1. The third kappa shape index (κ3) is 1.88. The average molecular weight is 266 g/mol. The number of aryl methyl sites for hydroxylation is 4. The molecule has 0 saturated carbocycles. The number of hydrogen-bond acceptors (Lipinski definition) is 2. The summed E-state index contributed by atoms with van der Waals surface area (Å²) in [6.45, 7) is 8.09. The normalized spacial score (nSPS) is 11.2. The fraction of sp³-hybridized carbons (Fsp3) is 0.222. The van der Waals surface area contributed by atoms with Gasteiger partial charge in [0.15, 0.2) is 0 Å². The minimum atomic E-state index is 0.332. The summed E-state index contributed by atoms with van der Waals surface area (Å²) in [6.07, 6.45) is 1.74. The maximum atomic E-state index is 10.4. The molecule has 0 amide bonds. The van der Waals surface area contributed by atoms with Crippen molar-refractivity contribution < 1.29 is 9.52 Å². The summed E-state index contributed by atoms with van der Waals surface area (Å²) in [5.41, 5.74) is 7.04. The first kappa shape index (κ1) is 12.8. The number of aromatic hydroxyl groups is 1. The van der Waals surface area contributed by atoms with Gasteiger partial charge in [0.2, 0.25) is 0 Å². The molecule has 0 spiro atoms. The molecule has 3 rings (SSSR count). The van der Waals surface area contributed by atoms with Crippen LogP contribution in [0.2, 0.25) is 0 Å². The topological polar surface area (TPSA) is 33.4 Å². The molecule has 1 N–H and O–H groups in total. The van der Waals surface area contributed by atoms with Gasteiger partial charge in [-0.05, 0) is 62.1 Å². The Hall–Kier alpha value is -2.22. The average Bonchev–Trinajstić information content (AvgIpc) is 2.77. The van der Waals surface area contributed by atoms with Gasteiger partial charge in [0, 0.05) is 16.5 Å². The van der Waals surface area contributed by atoms with Gasteiger partial charge in [0.05, 0.1) is 6.26 Å². The van der Waals surface area contributed by atoms with Crippen molar-refractivity contribution >= 4 is 11.0 Å². The van der Waals surface area contributed by atoms with Crippen LogP contribution < -0.4 is 0 Å². The lowest BCUT2D eigenvalue weighted by Gasteiger charge is -2.09. The zero-order chi connectivity index (χ0) is 14.4. The van der Waals surface area contributed by atoms with Gasteiger partial charge in [-0.3, -0.25) is 0 Å². The second-order valence-corrected chi connectivity index (χ2v) is 5.58. The van der Waals surface area contributed by atoms with Gasteiger partial charge in [0.25, 0.3) is 0 Å². The fourth-order valence-corrected chi connectivity index (χ4v) is 2.91. The van der Waals surface area contributed by atoms with E-state index in [1.807, 2.05) is 32.0 Å². The van der Waals surface area contributed by atoms with Crippen LogP contribution in [0.5, 0.6) is 5.75 Å². The Morgan fingerprint density at radius 3 is 2.20 bits per heavy atom. The summed E-state index contributed by atoms with van der Waals surface area (Å²) in [6, 6.07) is 8.16. The molecule has 0 unspecified atom stereocenters. The predicted octanol–water partition coefficient (Wildman–Crippen LogP) is 5.04. The van der Waals surface area contributed by atoms with Crippen LogP contribution in [-0.4, -0.2) is 5.11 Å². The molecule has 0 saturated heterocycles. The van der Waals surface area contributed by atoms with Crippen molar-refractivity contribution in [3.8, 4) is 16.9 Å². The smallest absolute Gasteiger partial charge is 0.135 e. The Kier molecular flexibility index (Phi) is 2.82. The fourth-order valence-electron chi connectivity index (χ4n) is 2.91. The van der Waals surface area contributed by atoms with E-state index in [1.54, 1.807) is 6.26 Å². The second-order valence-electron chi connectivity index (χ2n) is 5.58. The number of benzene rings is 2. The van der Waals surface area contributed by atoms with Crippen molar-refractivity contribution in [2.75, 3.05) is 0 Å². The van der Waals surface area contributed by atoms with E-state index in [4.69, 9.17) is 4.42 Å². The van der Waals surface area contributed by atoms with E-state index >= 15 is 0 Å². The molecule has 0 aliphatic carbocycles. The molecule has 102 valence electrons. The Morgan fingerprint density at radius 2 is 1.45 bits per heavy atom. The first-order chi connectivity index (χ1) is 9.47. The summed E-state index contributed by atoms with van der Waals surface area (Å²) in [4.78, 5) is 0. The van der Waals surface area contributed by atoms with Gasteiger partial charge in [-0.2, -0.15) is 0 Å². The van der Waals surface area contributed by atoms with E-state index in [0.717, 1.165) is 33.2 Å². The van der Waals surface area contributed by atoms with Crippen LogP contribution in [0.4, 0.5) is 0 Å². The molecule has 0 aliphatic heterocycles. The van der Waals surface area contributed by atoms with Crippen molar-refractivity contribution in [3.63, 3.8) is 0 Å². The highest BCUT2D eigenvalue weighted by Crippen LogP contribution is 2.39. The Morgan fingerprint density at radius 1 is 0.800 bits per heavy atom. The highest BCUT2D eigenvalue weighted by atomic mass is 16.3. The van der Waals surface area contributed by atoms with Crippen LogP contribution in [0, 0.1) is 27.7 Å². The number of rotatable bonds is 1. The lowest BCUT2D eigenvalue weighted by Crippen LogP contribution is -1.86. The lowest BCUT2D eigenvalue weighted by atomic mass is 9.96. The quantitative estimate of drug-likeness (QED) is 0.669. The summed E-state index contributed by atoms with van der Waals surface area (Å²) >= 11 is 0. The molecule has 2 heteroatoms. The Labute approximate surface area is 118 Å².